The molecule has 0 radical (unpaired) electrons. The molecule has 42 heavy (non-hydrogen) atoms. The van der Waals surface area contributed by atoms with Gasteiger partial charge in [0.1, 0.15) is 6.04 Å². The highest BCUT2D eigenvalue weighted by molar-refractivity contribution is 7.92. The number of sulfonamides is 1. The smallest absolute Gasteiger partial charge is 0.243 e. The molecule has 0 unspecified atom stereocenters. The number of aryl methyl sites for hydroxylation is 1. The first-order chi connectivity index (χ1) is 20.2. The van der Waals surface area contributed by atoms with Gasteiger partial charge in [0.05, 0.1) is 11.9 Å². The number of hydrogen-bond donors (Lipinski definition) is 1. The standard InChI is InChI=1S/C34H43N3O4S/c1-3-27-20-22-31(23-21-27)37(42(2,40)41)24-12-19-33(38)36(26-29-15-8-5-9-16-29)32(25-28-13-6-4-7-14-28)34(39)35-30-17-10-11-18-30/h4-9,13-16,20-23,30,32H,3,10-12,17-19,24-26H2,1-2H3,(H,35,39)/t32-/m1/s1. The third-order valence-electron chi connectivity index (χ3n) is 7.95. The minimum absolute atomic E-state index is 0.119. The minimum Gasteiger partial charge on any atom is -0.352 e. The van der Waals surface area contributed by atoms with Gasteiger partial charge in [-0.25, -0.2) is 8.42 Å². The summed E-state index contributed by atoms with van der Waals surface area (Å²) in [6.07, 6.45) is 7.00. The summed E-state index contributed by atoms with van der Waals surface area (Å²) >= 11 is 0. The van der Waals surface area contributed by atoms with Gasteiger partial charge in [0.2, 0.25) is 21.8 Å². The fraction of sp³-hybridized carbons (Fsp3) is 0.412. The first-order valence-electron chi connectivity index (χ1n) is 15.0. The van der Waals surface area contributed by atoms with Crippen LogP contribution in [-0.2, 0) is 39.0 Å². The number of benzene rings is 3. The molecule has 1 saturated carbocycles. The van der Waals surface area contributed by atoms with Gasteiger partial charge >= 0.3 is 0 Å². The van der Waals surface area contributed by atoms with Gasteiger partial charge in [-0.15, -0.1) is 0 Å². The monoisotopic (exact) mass is 589 g/mol. The molecule has 1 aliphatic carbocycles. The number of amides is 2. The van der Waals surface area contributed by atoms with Crippen molar-refractivity contribution >= 4 is 27.5 Å². The zero-order valence-corrected chi connectivity index (χ0v) is 25.6. The summed E-state index contributed by atoms with van der Waals surface area (Å²) < 4.78 is 26.7. The second-order valence-electron chi connectivity index (χ2n) is 11.2. The van der Waals surface area contributed by atoms with Gasteiger partial charge in [0.25, 0.3) is 0 Å². The quantitative estimate of drug-likeness (QED) is 0.269. The Hall–Kier alpha value is -3.65. The topological polar surface area (TPSA) is 86.8 Å². The van der Waals surface area contributed by atoms with Crippen LogP contribution in [-0.4, -0.2) is 50.0 Å². The van der Waals surface area contributed by atoms with E-state index in [1.54, 1.807) is 4.90 Å². The van der Waals surface area contributed by atoms with Crippen molar-refractivity contribution in [2.24, 2.45) is 0 Å². The van der Waals surface area contributed by atoms with Crippen LogP contribution in [0.25, 0.3) is 0 Å². The lowest BCUT2D eigenvalue weighted by molar-refractivity contribution is -0.141. The summed E-state index contributed by atoms with van der Waals surface area (Å²) in [5.41, 5.74) is 3.63. The molecule has 224 valence electrons. The van der Waals surface area contributed by atoms with E-state index in [-0.39, 0.29) is 30.8 Å². The van der Waals surface area contributed by atoms with Crippen LogP contribution >= 0.6 is 0 Å². The zero-order chi connectivity index (χ0) is 30.0. The Labute approximate surface area is 251 Å². The van der Waals surface area contributed by atoms with E-state index in [0.717, 1.165) is 48.8 Å². The Morgan fingerprint density at radius 3 is 2.02 bits per heavy atom. The summed E-state index contributed by atoms with van der Waals surface area (Å²) in [5, 5.41) is 3.22. The number of hydrogen-bond acceptors (Lipinski definition) is 4. The molecule has 3 aromatic rings. The molecule has 0 bridgehead atoms. The lowest BCUT2D eigenvalue weighted by Crippen LogP contribution is -2.52. The molecular formula is C34H43N3O4S. The predicted molar refractivity (Wildman–Crippen MR) is 169 cm³/mol. The normalized spacial score (nSPS) is 14.3. The van der Waals surface area contributed by atoms with Crippen molar-refractivity contribution < 1.29 is 18.0 Å². The maximum atomic E-state index is 14.0. The average Bonchev–Trinajstić information content (AvgIpc) is 3.50. The van der Waals surface area contributed by atoms with Crippen molar-refractivity contribution in [3.63, 3.8) is 0 Å². The van der Waals surface area contributed by atoms with Crippen LogP contribution in [0.2, 0.25) is 0 Å². The first kappa shape index (κ1) is 31.3. The molecule has 1 atom stereocenters. The lowest BCUT2D eigenvalue weighted by atomic mass is 10.0. The molecule has 0 spiro atoms. The number of rotatable bonds is 14. The molecule has 0 aromatic heterocycles. The third kappa shape index (κ3) is 8.92. The Bertz CT molecular complexity index is 1390. The van der Waals surface area contributed by atoms with Crippen molar-refractivity contribution in [2.45, 2.75) is 76.9 Å². The van der Waals surface area contributed by atoms with E-state index in [2.05, 4.69) is 12.2 Å². The first-order valence-corrected chi connectivity index (χ1v) is 16.8. The van der Waals surface area contributed by atoms with E-state index >= 15 is 0 Å². The number of carbonyl (C=O) groups excluding carboxylic acids is 2. The van der Waals surface area contributed by atoms with Gasteiger partial charge < -0.3 is 10.2 Å². The number of carbonyl (C=O) groups is 2. The average molecular weight is 590 g/mol. The van der Waals surface area contributed by atoms with Crippen LogP contribution in [0, 0.1) is 0 Å². The van der Waals surface area contributed by atoms with E-state index in [9.17, 15) is 18.0 Å². The van der Waals surface area contributed by atoms with Crippen molar-refractivity contribution in [3.05, 3.63) is 102 Å². The largest absolute Gasteiger partial charge is 0.352 e. The Kier molecular flexibility index (Phi) is 11.2. The highest BCUT2D eigenvalue weighted by Gasteiger charge is 2.32. The van der Waals surface area contributed by atoms with Crippen LogP contribution in [0.3, 0.4) is 0 Å². The van der Waals surface area contributed by atoms with Gasteiger partial charge in [0, 0.05) is 32.0 Å². The molecule has 4 rings (SSSR count). The molecule has 1 aliphatic rings. The maximum absolute atomic E-state index is 14.0. The SMILES string of the molecule is CCc1ccc(N(CCCC(=O)N(Cc2ccccc2)[C@H](Cc2ccccc2)C(=O)NC2CCCC2)S(C)(=O)=O)cc1. The molecule has 8 heteroatoms. The highest BCUT2D eigenvalue weighted by atomic mass is 32.2. The van der Waals surface area contributed by atoms with E-state index in [1.165, 1.54) is 10.6 Å². The Morgan fingerprint density at radius 1 is 0.857 bits per heavy atom. The van der Waals surface area contributed by atoms with Gasteiger partial charge in [0.15, 0.2) is 0 Å². The minimum atomic E-state index is -3.54. The summed E-state index contributed by atoms with van der Waals surface area (Å²) in [5.74, 6) is -0.306. The molecule has 0 aliphatic heterocycles. The van der Waals surface area contributed by atoms with Gasteiger partial charge in [-0.3, -0.25) is 13.9 Å². The maximum Gasteiger partial charge on any atom is 0.243 e. The highest BCUT2D eigenvalue weighted by Crippen LogP contribution is 2.22. The molecule has 0 saturated heterocycles. The van der Waals surface area contributed by atoms with Gasteiger partial charge in [-0.2, -0.15) is 0 Å². The number of nitrogens with one attached hydrogen (secondary N) is 1. The zero-order valence-electron chi connectivity index (χ0n) is 24.7. The van der Waals surface area contributed by atoms with Gasteiger partial charge in [-0.05, 0) is 54.5 Å². The fourth-order valence-electron chi connectivity index (χ4n) is 5.60. The Morgan fingerprint density at radius 2 is 1.45 bits per heavy atom. The van der Waals surface area contributed by atoms with Crippen LogP contribution in [0.15, 0.2) is 84.9 Å². The van der Waals surface area contributed by atoms with Gasteiger partial charge in [-0.1, -0.05) is 92.6 Å². The van der Waals surface area contributed by atoms with E-state index in [0.29, 0.717) is 25.1 Å². The fourth-order valence-corrected chi connectivity index (χ4v) is 6.57. The summed E-state index contributed by atoms with van der Waals surface area (Å²) in [6, 6.07) is 26.4. The third-order valence-corrected chi connectivity index (χ3v) is 9.15. The molecule has 1 N–H and O–H groups in total. The lowest BCUT2D eigenvalue weighted by Gasteiger charge is -2.33. The van der Waals surface area contributed by atoms with Crippen molar-refractivity contribution in [1.82, 2.24) is 10.2 Å². The molecule has 0 heterocycles. The second-order valence-corrected chi connectivity index (χ2v) is 13.1. The summed E-state index contributed by atoms with van der Waals surface area (Å²) in [6.45, 7) is 2.52. The molecule has 1 fully saturated rings. The van der Waals surface area contributed by atoms with Crippen molar-refractivity contribution in [3.8, 4) is 0 Å². The number of anilines is 1. The second kappa shape index (κ2) is 15.0. The molecular weight excluding hydrogens is 546 g/mol. The van der Waals surface area contributed by atoms with Crippen LogP contribution in [0.1, 0.15) is 62.1 Å². The molecule has 3 aromatic carbocycles. The van der Waals surface area contributed by atoms with Crippen molar-refractivity contribution in [2.75, 3.05) is 17.1 Å². The van der Waals surface area contributed by atoms with Crippen LogP contribution < -0.4 is 9.62 Å². The van der Waals surface area contributed by atoms with Crippen LogP contribution in [0.5, 0.6) is 0 Å². The van der Waals surface area contributed by atoms with E-state index < -0.39 is 16.1 Å². The molecule has 7 nitrogen and oxygen atoms in total. The summed E-state index contributed by atoms with van der Waals surface area (Å²) in [7, 11) is -3.54. The van der Waals surface area contributed by atoms with Crippen LogP contribution in [0.4, 0.5) is 5.69 Å². The Balaban J connectivity index is 1.55. The van der Waals surface area contributed by atoms with Crippen molar-refractivity contribution in [1.29, 1.82) is 0 Å². The van der Waals surface area contributed by atoms with E-state index in [1.807, 2.05) is 84.9 Å². The van der Waals surface area contributed by atoms with E-state index in [4.69, 9.17) is 0 Å². The predicted octanol–water partition coefficient (Wildman–Crippen LogP) is 5.49. The molecule has 2 amide bonds. The summed E-state index contributed by atoms with van der Waals surface area (Å²) in [4.78, 5) is 29.4. The number of nitrogens with zero attached hydrogens (tertiary/aromatic N) is 2.